The Bertz CT molecular complexity index is 567. The Balaban J connectivity index is 2.46. The summed E-state index contributed by atoms with van der Waals surface area (Å²) in [5.41, 5.74) is 11.3. The molecule has 0 bridgehead atoms. The fraction of sp³-hybridized carbons (Fsp3) is 0.182. The number of halogens is 1. The number of anilines is 1. The molecule has 1 heterocycles. The van der Waals surface area contributed by atoms with E-state index in [-0.39, 0.29) is 11.6 Å². The minimum atomic E-state index is -0.408. The average molecular weight is 253 g/mol. The third-order valence-corrected chi connectivity index (χ3v) is 3.51. The van der Waals surface area contributed by atoms with Crippen LogP contribution >= 0.6 is 11.3 Å². The van der Waals surface area contributed by atoms with Gasteiger partial charge in [-0.05, 0) is 12.1 Å². The van der Waals surface area contributed by atoms with Crippen LogP contribution in [0.5, 0.6) is 0 Å². The van der Waals surface area contributed by atoms with E-state index in [2.05, 4.69) is 5.32 Å². The molecule has 5 N–H and O–H groups in total. The molecule has 0 saturated carbocycles. The van der Waals surface area contributed by atoms with Gasteiger partial charge in [-0.25, -0.2) is 4.39 Å². The van der Waals surface area contributed by atoms with E-state index in [1.54, 1.807) is 12.1 Å². The van der Waals surface area contributed by atoms with E-state index >= 15 is 0 Å². The number of carbonyl (C=O) groups is 1. The standard InChI is InChI=1S/C11H12FN3OS/c12-6-2-1-3-7-8(6)9(14)10(17-7)11(16)15-5-4-13/h1-3H,4-5,13-14H2,(H,15,16). The molecule has 0 saturated heterocycles. The Hall–Kier alpha value is -1.66. The van der Waals surface area contributed by atoms with Crippen LogP contribution in [-0.4, -0.2) is 19.0 Å². The van der Waals surface area contributed by atoms with Gasteiger partial charge >= 0.3 is 0 Å². The van der Waals surface area contributed by atoms with Crippen LogP contribution in [0, 0.1) is 5.82 Å². The van der Waals surface area contributed by atoms with E-state index < -0.39 is 5.82 Å². The van der Waals surface area contributed by atoms with Gasteiger partial charge in [0.25, 0.3) is 5.91 Å². The van der Waals surface area contributed by atoms with Gasteiger partial charge in [-0.2, -0.15) is 0 Å². The van der Waals surface area contributed by atoms with E-state index in [4.69, 9.17) is 11.5 Å². The molecule has 0 aliphatic rings. The Labute approximate surface area is 101 Å². The number of carbonyl (C=O) groups excluding carboxylic acids is 1. The number of thiophene rings is 1. The average Bonchev–Trinajstić information content (AvgIpc) is 2.65. The third kappa shape index (κ3) is 2.09. The van der Waals surface area contributed by atoms with Gasteiger partial charge in [-0.15, -0.1) is 11.3 Å². The van der Waals surface area contributed by atoms with Gasteiger partial charge in [0, 0.05) is 17.8 Å². The molecule has 90 valence electrons. The van der Waals surface area contributed by atoms with Crippen molar-refractivity contribution in [2.45, 2.75) is 0 Å². The van der Waals surface area contributed by atoms with Crippen LogP contribution in [0.4, 0.5) is 10.1 Å². The number of nitrogens with one attached hydrogen (secondary N) is 1. The third-order valence-electron chi connectivity index (χ3n) is 2.34. The summed E-state index contributed by atoms with van der Waals surface area (Å²) in [7, 11) is 0. The van der Waals surface area contributed by atoms with Gasteiger partial charge in [-0.3, -0.25) is 4.79 Å². The highest BCUT2D eigenvalue weighted by Crippen LogP contribution is 2.35. The molecule has 0 fully saturated rings. The van der Waals surface area contributed by atoms with Gasteiger partial charge in [0.2, 0.25) is 0 Å². The molecule has 2 aromatic rings. The molecule has 0 aliphatic heterocycles. The van der Waals surface area contributed by atoms with E-state index in [1.807, 2.05) is 0 Å². The van der Waals surface area contributed by atoms with Gasteiger partial charge in [0.1, 0.15) is 10.7 Å². The fourth-order valence-corrected chi connectivity index (χ4v) is 2.62. The summed E-state index contributed by atoms with van der Waals surface area (Å²) < 4.78 is 14.2. The minimum absolute atomic E-state index is 0.192. The lowest BCUT2D eigenvalue weighted by Crippen LogP contribution is -2.28. The summed E-state index contributed by atoms with van der Waals surface area (Å²) in [5, 5.41) is 2.93. The number of hydrogen-bond donors (Lipinski definition) is 3. The van der Waals surface area contributed by atoms with Crippen molar-refractivity contribution in [3.05, 3.63) is 28.9 Å². The molecule has 1 amide bonds. The molecule has 4 nitrogen and oxygen atoms in total. The van der Waals surface area contributed by atoms with Crippen molar-refractivity contribution in [3.63, 3.8) is 0 Å². The number of amides is 1. The molecule has 6 heteroatoms. The molecule has 17 heavy (non-hydrogen) atoms. The molecule has 1 aromatic heterocycles. The lowest BCUT2D eigenvalue weighted by atomic mass is 10.2. The number of fused-ring (bicyclic) bond motifs is 1. The summed E-state index contributed by atoms with van der Waals surface area (Å²) >= 11 is 1.18. The highest BCUT2D eigenvalue weighted by atomic mass is 32.1. The first kappa shape index (κ1) is 11.8. The van der Waals surface area contributed by atoms with Crippen molar-refractivity contribution < 1.29 is 9.18 Å². The second-order valence-corrected chi connectivity index (χ2v) is 4.55. The van der Waals surface area contributed by atoms with Crippen LogP contribution in [0.2, 0.25) is 0 Å². The van der Waals surface area contributed by atoms with Gasteiger partial charge in [-0.1, -0.05) is 6.07 Å². The maximum Gasteiger partial charge on any atom is 0.263 e. The minimum Gasteiger partial charge on any atom is -0.397 e. The Kier molecular flexibility index (Phi) is 3.26. The molecule has 1 aromatic carbocycles. The van der Waals surface area contributed by atoms with Crippen molar-refractivity contribution in [2.24, 2.45) is 5.73 Å². The summed E-state index contributed by atoms with van der Waals surface area (Å²) in [4.78, 5) is 12.1. The van der Waals surface area contributed by atoms with Crippen LogP contribution in [0.25, 0.3) is 10.1 Å². The predicted molar refractivity (Wildman–Crippen MR) is 67.6 cm³/mol. The van der Waals surface area contributed by atoms with Crippen LogP contribution in [0.15, 0.2) is 18.2 Å². The molecule has 0 radical (unpaired) electrons. The van der Waals surface area contributed by atoms with Crippen LogP contribution in [0.1, 0.15) is 9.67 Å². The maximum absolute atomic E-state index is 13.6. The van der Waals surface area contributed by atoms with Crippen LogP contribution < -0.4 is 16.8 Å². The summed E-state index contributed by atoms with van der Waals surface area (Å²) in [6, 6.07) is 4.65. The van der Waals surface area contributed by atoms with Crippen LogP contribution in [0.3, 0.4) is 0 Å². The summed E-state index contributed by atoms with van der Waals surface area (Å²) in [5.74, 6) is -0.720. The number of hydrogen-bond acceptors (Lipinski definition) is 4. The number of benzene rings is 1. The van der Waals surface area contributed by atoms with Crippen molar-refractivity contribution in [1.82, 2.24) is 5.32 Å². The molecular weight excluding hydrogens is 241 g/mol. The first-order valence-electron chi connectivity index (χ1n) is 5.10. The van der Waals surface area contributed by atoms with Gasteiger partial charge in [0.05, 0.1) is 11.1 Å². The Morgan fingerprint density at radius 1 is 1.47 bits per heavy atom. The van der Waals surface area contributed by atoms with E-state index in [0.717, 1.165) is 0 Å². The predicted octanol–water partition coefficient (Wildman–Crippen LogP) is 1.31. The van der Waals surface area contributed by atoms with E-state index in [9.17, 15) is 9.18 Å². The van der Waals surface area contributed by atoms with Gasteiger partial charge in [0.15, 0.2) is 0 Å². The first-order chi connectivity index (χ1) is 8.15. The fourth-order valence-electron chi connectivity index (χ4n) is 1.56. The van der Waals surface area contributed by atoms with E-state index in [1.165, 1.54) is 17.4 Å². The highest BCUT2D eigenvalue weighted by molar-refractivity contribution is 7.21. The zero-order valence-corrected chi connectivity index (χ0v) is 9.81. The second-order valence-electron chi connectivity index (χ2n) is 3.50. The maximum atomic E-state index is 13.6. The Morgan fingerprint density at radius 2 is 2.24 bits per heavy atom. The Morgan fingerprint density at radius 3 is 2.88 bits per heavy atom. The summed E-state index contributed by atoms with van der Waals surface area (Å²) in [6.07, 6.45) is 0. The van der Waals surface area contributed by atoms with Crippen molar-refractivity contribution >= 4 is 33.0 Å². The molecule has 2 rings (SSSR count). The molecule has 0 spiro atoms. The summed E-state index contributed by atoms with van der Waals surface area (Å²) in [6.45, 7) is 0.722. The molecular formula is C11H12FN3OS. The number of rotatable bonds is 3. The zero-order valence-electron chi connectivity index (χ0n) is 9.00. The first-order valence-corrected chi connectivity index (χ1v) is 5.91. The molecule has 0 unspecified atom stereocenters. The zero-order chi connectivity index (χ0) is 12.4. The SMILES string of the molecule is NCCNC(=O)c1sc2cccc(F)c2c1N. The van der Waals surface area contributed by atoms with Gasteiger partial charge < -0.3 is 16.8 Å². The van der Waals surface area contributed by atoms with Crippen molar-refractivity contribution in [2.75, 3.05) is 18.8 Å². The number of nitrogens with two attached hydrogens (primary N) is 2. The lowest BCUT2D eigenvalue weighted by molar-refractivity contribution is 0.0959. The van der Waals surface area contributed by atoms with E-state index in [0.29, 0.717) is 28.1 Å². The highest BCUT2D eigenvalue weighted by Gasteiger charge is 2.17. The topological polar surface area (TPSA) is 81.1 Å². The number of nitrogen functional groups attached to an aromatic ring is 1. The quantitative estimate of drug-likeness (QED) is 0.771. The lowest BCUT2D eigenvalue weighted by Gasteiger charge is -2.01. The smallest absolute Gasteiger partial charge is 0.263 e. The largest absolute Gasteiger partial charge is 0.397 e. The van der Waals surface area contributed by atoms with Crippen molar-refractivity contribution in [1.29, 1.82) is 0 Å². The van der Waals surface area contributed by atoms with Crippen molar-refractivity contribution in [3.8, 4) is 0 Å². The van der Waals surface area contributed by atoms with Crippen LogP contribution in [-0.2, 0) is 0 Å². The molecule has 0 aliphatic carbocycles. The monoisotopic (exact) mass is 253 g/mol. The normalized spacial score (nSPS) is 10.7. The second kappa shape index (κ2) is 4.68. The molecule has 0 atom stereocenters.